The van der Waals surface area contributed by atoms with Crippen LogP contribution < -0.4 is 10.2 Å². The van der Waals surface area contributed by atoms with Crippen molar-refractivity contribution in [1.82, 2.24) is 5.43 Å². The van der Waals surface area contributed by atoms with Crippen molar-refractivity contribution in [2.45, 2.75) is 6.54 Å². The molecule has 3 nitrogen and oxygen atoms in total. The van der Waals surface area contributed by atoms with Gasteiger partial charge in [0.2, 0.25) is 0 Å². The van der Waals surface area contributed by atoms with Gasteiger partial charge in [-0.15, -0.1) is 0 Å². The molecule has 128 valence electrons. The highest BCUT2D eigenvalue weighted by atomic mass is 16.5. The summed E-state index contributed by atoms with van der Waals surface area (Å²) in [4.78, 5) is 0. The topological polar surface area (TPSA) is 33.6 Å². The number of nitrogens with zero attached hydrogens (tertiary/aromatic N) is 1. The Bertz CT molecular complexity index is 1030. The number of nitrogens with one attached hydrogen (secondary N) is 1. The minimum atomic E-state index is 0.614. The predicted molar refractivity (Wildman–Crippen MR) is 109 cm³/mol. The number of rotatable bonds is 5. The van der Waals surface area contributed by atoms with E-state index in [2.05, 4.69) is 65.1 Å². The zero-order chi connectivity index (χ0) is 17.8. The van der Waals surface area contributed by atoms with Crippen LogP contribution in [0.25, 0.3) is 21.5 Å². The fourth-order valence-electron chi connectivity index (χ4n) is 3.28. The Labute approximate surface area is 152 Å². The van der Waals surface area contributed by atoms with E-state index in [0.29, 0.717) is 6.54 Å². The Morgan fingerprint density at radius 3 is 2.15 bits per heavy atom. The number of hydrazone groups is 1. The van der Waals surface area contributed by atoms with Crippen LogP contribution in [0, 0.1) is 0 Å². The molecule has 0 unspecified atom stereocenters. The van der Waals surface area contributed by atoms with Crippen molar-refractivity contribution in [3.05, 3.63) is 90.0 Å². The van der Waals surface area contributed by atoms with E-state index in [4.69, 9.17) is 4.74 Å². The minimum absolute atomic E-state index is 0.614. The van der Waals surface area contributed by atoms with Crippen LogP contribution in [0.1, 0.15) is 11.1 Å². The van der Waals surface area contributed by atoms with Crippen molar-refractivity contribution in [3.8, 4) is 5.75 Å². The van der Waals surface area contributed by atoms with Gasteiger partial charge in [-0.3, -0.25) is 0 Å². The zero-order valence-corrected chi connectivity index (χ0v) is 14.6. The lowest BCUT2D eigenvalue weighted by Gasteiger charge is -2.09. The first-order valence-electron chi connectivity index (χ1n) is 8.65. The van der Waals surface area contributed by atoms with Crippen molar-refractivity contribution in [2.75, 3.05) is 7.11 Å². The van der Waals surface area contributed by atoms with Gasteiger partial charge in [-0.25, -0.2) is 0 Å². The van der Waals surface area contributed by atoms with Crippen molar-refractivity contribution in [2.24, 2.45) is 5.10 Å². The number of benzene rings is 4. The summed E-state index contributed by atoms with van der Waals surface area (Å²) < 4.78 is 5.38. The summed E-state index contributed by atoms with van der Waals surface area (Å²) in [5.41, 5.74) is 5.35. The molecule has 0 heterocycles. The molecule has 26 heavy (non-hydrogen) atoms. The first kappa shape index (κ1) is 16.2. The monoisotopic (exact) mass is 340 g/mol. The molecule has 0 aliphatic heterocycles. The molecule has 0 aromatic heterocycles. The lowest BCUT2D eigenvalue weighted by Crippen LogP contribution is -2.07. The summed E-state index contributed by atoms with van der Waals surface area (Å²) in [5.74, 6) is 0.866. The Balaban J connectivity index is 1.66. The maximum absolute atomic E-state index is 5.38. The van der Waals surface area contributed by atoms with E-state index in [1.54, 1.807) is 7.11 Å². The van der Waals surface area contributed by atoms with Gasteiger partial charge >= 0.3 is 0 Å². The van der Waals surface area contributed by atoms with Gasteiger partial charge in [-0.1, -0.05) is 66.7 Å². The summed E-state index contributed by atoms with van der Waals surface area (Å²) in [5, 5.41) is 9.33. The van der Waals surface area contributed by atoms with Gasteiger partial charge in [0.1, 0.15) is 5.75 Å². The predicted octanol–water partition coefficient (Wildman–Crippen LogP) is 5.13. The molecule has 4 aromatic rings. The van der Waals surface area contributed by atoms with Crippen LogP contribution in [-0.4, -0.2) is 13.3 Å². The molecular weight excluding hydrogens is 320 g/mol. The van der Waals surface area contributed by atoms with Crippen LogP contribution in [0.4, 0.5) is 0 Å². The van der Waals surface area contributed by atoms with E-state index in [9.17, 15) is 0 Å². The molecule has 0 saturated carbocycles. The molecule has 4 rings (SSSR count). The van der Waals surface area contributed by atoms with Gasteiger partial charge < -0.3 is 10.2 Å². The number of hydrogen-bond acceptors (Lipinski definition) is 3. The van der Waals surface area contributed by atoms with Gasteiger partial charge in [0.25, 0.3) is 0 Å². The summed E-state index contributed by atoms with van der Waals surface area (Å²) in [7, 11) is 1.68. The van der Waals surface area contributed by atoms with Crippen LogP contribution in [0.2, 0.25) is 0 Å². The third-order valence-corrected chi connectivity index (χ3v) is 4.56. The van der Waals surface area contributed by atoms with E-state index in [0.717, 1.165) is 16.9 Å². The third-order valence-electron chi connectivity index (χ3n) is 4.56. The van der Waals surface area contributed by atoms with Crippen LogP contribution in [0.5, 0.6) is 5.75 Å². The van der Waals surface area contributed by atoms with E-state index >= 15 is 0 Å². The van der Waals surface area contributed by atoms with Crippen LogP contribution >= 0.6 is 0 Å². The average molecular weight is 340 g/mol. The lowest BCUT2D eigenvalue weighted by atomic mass is 9.97. The molecule has 3 heteroatoms. The maximum Gasteiger partial charge on any atom is 0.123 e. The van der Waals surface area contributed by atoms with Crippen LogP contribution in [0.3, 0.4) is 0 Å². The van der Waals surface area contributed by atoms with Gasteiger partial charge in [0.15, 0.2) is 0 Å². The summed E-state index contributed by atoms with van der Waals surface area (Å²) in [6.07, 6.45) is 1.92. The molecule has 0 spiro atoms. The quantitative estimate of drug-likeness (QED) is 0.311. The highest BCUT2D eigenvalue weighted by Gasteiger charge is 2.05. The standard InChI is InChI=1S/C23H20N2O/c1-26-23-13-7-4-10-19(23)15-24-25-16-22-20-11-5-2-8-17(20)14-18-9-3-6-12-21(18)22/h2-14,16,24H,15H2,1H3/b25-16-. The highest BCUT2D eigenvalue weighted by molar-refractivity contribution is 6.13. The third kappa shape index (κ3) is 3.11. The molecule has 4 aromatic carbocycles. The zero-order valence-electron chi connectivity index (χ0n) is 14.6. The first-order chi connectivity index (χ1) is 12.9. The molecule has 1 N–H and O–H groups in total. The Morgan fingerprint density at radius 2 is 1.46 bits per heavy atom. The smallest absolute Gasteiger partial charge is 0.123 e. The fraction of sp³-hybridized carbons (Fsp3) is 0.0870. The van der Waals surface area contributed by atoms with E-state index in [1.807, 2.05) is 30.5 Å². The largest absolute Gasteiger partial charge is 0.496 e. The molecule has 0 saturated heterocycles. The van der Waals surface area contributed by atoms with Gasteiger partial charge in [-0.2, -0.15) is 5.10 Å². The van der Waals surface area contributed by atoms with Crippen molar-refractivity contribution in [1.29, 1.82) is 0 Å². The highest BCUT2D eigenvalue weighted by Crippen LogP contribution is 2.27. The van der Waals surface area contributed by atoms with E-state index in [1.165, 1.54) is 21.5 Å². The number of ether oxygens (including phenoxy) is 1. The molecule has 0 amide bonds. The first-order valence-corrected chi connectivity index (χ1v) is 8.65. The molecule has 0 aliphatic rings. The number of para-hydroxylation sites is 1. The molecular formula is C23H20N2O. The fourth-order valence-corrected chi connectivity index (χ4v) is 3.28. The second kappa shape index (κ2) is 7.28. The number of fused-ring (bicyclic) bond motifs is 2. The van der Waals surface area contributed by atoms with Crippen molar-refractivity contribution < 1.29 is 4.74 Å². The van der Waals surface area contributed by atoms with Crippen LogP contribution in [0.15, 0.2) is 84.0 Å². The second-order valence-electron chi connectivity index (χ2n) is 6.14. The van der Waals surface area contributed by atoms with Crippen LogP contribution in [-0.2, 0) is 6.54 Å². The Hall–Kier alpha value is -3.33. The SMILES string of the molecule is COc1ccccc1CN/N=C\c1c2ccccc2cc2ccccc12. The minimum Gasteiger partial charge on any atom is -0.496 e. The van der Waals surface area contributed by atoms with Gasteiger partial charge in [0, 0.05) is 11.1 Å². The maximum atomic E-state index is 5.38. The lowest BCUT2D eigenvalue weighted by molar-refractivity contribution is 0.408. The van der Waals surface area contributed by atoms with Crippen molar-refractivity contribution in [3.63, 3.8) is 0 Å². The van der Waals surface area contributed by atoms with E-state index in [-0.39, 0.29) is 0 Å². The Kier molecular flexibility index (Phi) is 4.52. The molecule has 0 atom stereocenters. The molecule has 0 radical (unpaired) electrons. The second-order valence-corrected chi connectivity index (χ2v) is 6.14. The van der Waals surface area contributed by atoms with Gasteiger partial charge in [0.05, 0.1) is 19.9 Å². The average Bonchev–Trinajstić information content (AvgIpc) is 2.70. The molecule has 0 bridgehead atoms. The number of methoxy groups -OCH3 is 1. The summed E-state index contributed by atoms with van der Waals surface area (Å²) in [6, 6.07) is 27.0. The Morgan fingerprint density at radius 1 is 0.846 bits per heavy atom. The number of hydrogen-bond donors (Lipinski definition) is 1. The molecule has 0 aliphatic carbocycles. The summed E-state index contributed by atoms with van der Waals surface area (Å²) in [6.45, 7) is 0.614. The van der Waals surface area contributed by atoms with Gasteiger partial charge in [-0.05, 0) is 33.7 Å². The molecule has 0 fully saturated rings. The summed E-state index contributed by atoms with van der Waals surface area (Å²) >= 11 is 0. The van der Waals surface area contributed by atoms with Crippen molar-refractivity contribution >= 4 is 27.8 Å². The normalized spacial score (nSPS) is 11.3. The van der Waals surface area contributed by atoms with E-state index < -0.39 is 0 Å².